The van der Waals surface area contributed by atoms with Crippen molar-refractivity contribution in [2.75, 3.05) is 39.8 Å². The van der Waals surface area contributed by atoms with Crippen LogP contribution in [0.3, 0.4) is 0 Å². The van der Waals surface area contributed by atoms with Gasteiger partial charge in [-0.1, -0.05) is 0 Å². The second-order valence-electron chi connectivity index (χ2n) is 4.57. The third-order valence-electron chi connectivity index (χ3n) is 3.12. The van der Waals surface area contributed by atoms with Crippen molar-refractivity contribution in [1.29, 1.82) is 0 Å². The van der Waals surface area contributed by atoms with Gasteiger partial charge in [-0.15, -0.1) is 0 Å². The molecule has 1 rings (SSSR count). The van der Waals surface area contributed by atoms with Gasteiger partial charge in [-0.2, -0.15) is 0 Å². The van der Waals surface area contributed by atoms with E-state index >= 15 is 0 Å². The number of hydrogen-bond acceptors (Lipinski definition) is 3. The zero-order chi connectivity index (χ0) is 11.8. The molecule has 0 aromatic rings. The molecule has 4 nitrogen and oxygen atoms in total. The molecule has 1 amide bonds. The Labute approximate surface area is 98.2 Å². The zero-order valence-corrected chi connectivity index (χ0v) is 10.3. The summed E-state index contributed by atoms with van der Waals surface area (Å²) in [5.74, 6) is 0.314. The maximum absolute atomic E-state index is 11.4. The van der Waals surface area contributed by atoms with Crippen molar-refractivity contribution in [3.63, 3.8) is 0 Å². The van der Waals surface area contributed by atoms with Gasteiger partial charge in [-0.05, 0) is 39.3 Å². The Morgan fingerprint density at radius 1 is 1.31 bits per heavy atom. The number of rotatable bonds is 8. The molecule has 0 aromatic heterocycles. The number of likely N-dealkylation sites (N-methyl/N-ethyl adjacent to an activating group) is 1. The third-order valence-corrected chi connectivity index (χ3v) is 3.12. The topological polar surface area (TPSA) is 43.8 Å². The minimum absolute atomic E-state index is 0.298. The van der Waals surface area contributed by atoms with Crippen LogP contribution < -0.4 is 0 Å². The molecule has 0 atom stereocenters. The van der Waals surface area contributed by atoms with Crippen molar-refractivity contribution in [2.24, 2.45) is 0 Å². The molecule has 4 heteroatoms. The number of aliphatic hydroxyl groups is 1. The molecule has 1 fully saturated rings. The summed E-state index contributed by atoms with van der Waals surface area (Å²) in [6.45, 7) is 4.13. The Morgan fingerprint density at radius 2 is 2.12 bits per heavy atom. The van der Waals surface area contributed by atoms with Gasteiger partial charge in [0.15, 0.2) is 0 Å². The summed E-state index contributed by atoms with van der Waals surface area (Å²) in [7, 11) is 2.10. The van der Waals surface area contributed by atoms with Crippen LogP contribution in [0.15, 0.2) is 0 Å². The summed E-state index contributed by atoms with van der Waals surface area (Å²) in [6.07, 6.45) is 4.88. The second-order valence-corrected chi connectivity index (χ2v) is 4.57. The lowest BCUT2D eigenvalue weighted by atomic mass is 10.2. The van der Waals surface area contributed by atoms with Gasteiger partial charge in [0.05, 0.1) is 0 Å². The Balaban J connectivity index is 2.01. The van der Waals surface area contributed by atoms with E-state index in [1.165, 1.54) is 0 Å². The van der Waals surface area contributed by atoms with Crippen LogP contribution in [-0.4, -0.2) is 60.6 Å². The molecule has 1 aliphatic heterocycles. The van der Waals surface area contributed by atoms with Crippen LogP contribution in [-0.2, 0) is 4.79 Å². The van der Waals surface area contributed by atoms with Crippen LogP contribution in [0.25, 0.3) is 0 Å². The molecule has 16 heavy (non-hydrogen) atoms. The molecule has 0 aromatic carbocycles. The van der Waals surface area contributed by atoms with E-state index in [9.17, 15) is 4.79 Å². The van der Waals surface area contributed by atoms with Crippen molar-refractivity contribution in [2.45, 2.75) is 32.1 Å². The first-order valence-corrected chi connectivity index (χ1v) is 6.31. The van der Waals surface area contributed by atoms with E-state index in [1.54, 1.807) is 0 Å². The SMILES string of the molecule is CN(CCCCCO)CCN1CCCC1=O. The molecule has 0 spiro atoms. The fourth-order valence-corrected chi connectivity index (χ4v) is 2.01. The standard InChI is InChI=1S/C12H24N2O2/c1-13(7-3-2-4-11-15)9-10-14-8-5-6-12(14)16/h15H,2-11H2,1H3. The lowest BCUT2D eigenvalue weighted by molar-refractivity contribution is -0.127. The van der Waals surface area contributed by atoms with Crippen LogP contribution in [0.4, 0.5) is 0 Å². The molecular formula is C12H24N2O2. The van der Waals surface area contributed by atoms with Crippen molar-refractivity contribution >= 4 is 5.91 Å². The number of unbranched alkanes of at least 4 members (excludes halogenated alkanes) is 2. The van der Waals surface area contributed by atoms with Gasteiger partial charge in [0.2, 0.25) is 5.91 Å². The first kappa shape index (κ1) is 13.5. The molecule has 0 saturated carbocycles. The van der Waals surface area contributed by atoms with Crippen LogP contribution in [0, 0.1) is 0 Å². The molecule has 1 heterocycles. The van der Waals surface area contributed by atoms with Gasteiger partial charge in [0.25, 0.3) is 0 Å². The first-order chi connectivity index (χ1) is 7.74. The van der Waals surface area contributed by atoms with E-state index in [2.05, 4.69) is 11.9 Å². The number of carbonyl (C=O) groups excluding carboxylic acids is 1. The van der Waals surface area contributed by atoms with Crippen molar-refractivity contribution < 1.29 is 9.90 Å². The molecule has 1 aliphatic rings. The van der Waals surface area contributed by atoms with Crippen molar-refractivity contribution in [3.05, 3.63) is 0 Å². The van der Waals surface area contributed by atoms with E-state index in [-0.39, 0.29) is 0 Å². The Bertz CT molecular complexity index is 209. The minimum Gasteiger partial charge on any atom is -0.396 e. The number of nitrogens with zero attached hydrogens (tertiary/aromatic N) is 2. The number of aliphatic hydroxyl groups excluding tert-OH is 1. The Morgan fingerprint density at radius 3 is 2.75 bits per heavy atom. The summed E-state index contributed by atoms with van der Waals surface area (Å²) >= 11 is 0. The van der Waals surface area contributed by atoms with Gasteiger partial charge in [-0.25, -0.2) is 0 Å². The number of amides is 1. The lowest BCUT2D eigenvalue weighted by Crippen LogP contribution is -2.34. The predicted octanol–water partition coefficient (Wildman–Crippen LogP) is 0.703. The highest BCUT2D eigenvalue weighted by atomic mass is 16.2. The maximum Gasteiger partial charge on any atom is 0.222 e. The van der Waals surface area contributed by atoms with E-state index < -0.39 is 0 Å². The van der Waals surface area contributed by atoms with Crippen LogP contribution in [0.2, 0.25) is 0 Å². The van der Waals surface area contributed by atoms with Crippen LogP contribution >= 0.6 is 0 Å². The van der Waals surface area contributed by atoms with Crippen molar-refractivity contribution in [1.82, 2.24) is 9.80 Å². The molecule has 0 bridgehead atoms. The number of carbonyl (C=O) groups is 1. The third kappa shape index (κ3) is 4.94. The lowest BCUT2D eigenvalue weighted by Gasteiger charge is -2.21. The summed E-state index contributed by atoms with van der Waals surface area (Å²) in [4.78, 5) is 15.6. The van der Waals surface area contributed by atoms with Gasteiger partial charge < -0.3 is 14.9 Å². The van der Waals surface area contributed by atoms with Crippen molar-refractivity contribution in [3.8, 4) is 0 Å². The molecule has 0 radical (unpaired) electrons. The zero-order valence-electron chi connectivity index (χ0n) is 10.3. The average molecular weight is 228 g/mol. The van der Waals surface area contributed by atoms with Gasteiger partial charge in [-0.3, -0.25) is 4.79 Å². The average Bonchev–Trinajstić information content (AvgIpc) is 2.67. The molecule has 94 valence electrons. The molecule has 0 aliphatic carbocycles. The fraction of sp³-hybridized carbons (Fsp3) is 0.917. The van der Waals surface area contributed by atoms with Gasteiger partial charge in [0, 0.05) is 32.7 Å². The molecule has 1 saturated heterocycles. The largest absolute Gasteiger partial charge is 0.396 e. The molecule has 0 unspecified atom stereocenters. The normalized spacial score (nSPS) is 16.4. The van der Waals surface area contributed by atoms with E-state index in [0.717, 1.165) is 58.3 Å². The summed E-state index contributed by atoms with van der Waals surface area (Å²) < 4.78 is 0. The fourth-order valence-electron chi connectivity index (χ4n) is 2.01. The quantitative estimate of drug-likeness (QED) is 0.622. The van der Waals surface area contributed by atoms with Gasteiger partial charge >= 0.3 is 0 Å². The highest BCUT2D eigenvalue weighted by Crippen LogP contribution is 2.08. The minimum atomic E-state index is 0.298. The summed E-state index contributed by atoms with van der Waals surface area (Å²) in [5.41, 5.74) is 0. The highest BCUT2D eigenvalue weighted by molar-refractivity contribution is 5.78. The summed E-state index contributed by atoms with van der Waals surface area (Å²) in [5, 5.41) is 8.65. The Hall–Kier alpha value is -0.610. The van der Waals surface area contributed by atoms with E-state index in [0.29, 0.717) is 12.5 Å². The van der Waals surface area contributed by atoms with Gasteiger partial charge in [0.1, 0.15) is 0 Å². The van der Waals surface area contributed by atoms with E-state index in [4.69, 9.17) is 5.11 Å². The van der Waals surface area contributed by atoms with Crippen LogP contribution in [0.5, 0.6) is 0 Å². The predicted molar refractivity (Wildman–Crippen MR) is 64.2 cm³/mol. The van der Waals surface area contributed by atoms with E-state index in [1.807, 2.05) is 4.90 Å². The molecular weight excluding hydrogens is 204 g/mol. The molecule has 1 N–H and O–H groups in total. The smallest absolute Gasteiger partial charge is 0.222 e. The Kier molecular flexibility index (Phi) is 6.42. The maximum atomic E-state index is 11.4. The van der Waals surface area contributed by atoms with Crippen LogP contribution in [0.1, 0.15) is 32.1 Å². The number of hydrogen-bond donors (Lipinski definition) is 1. The highest BCUT2D eigenvalue weighted by Gasteiger charge is 2.19. The number of likely N-dealkylation sites (tertiary alicyclic amines) is 1. The first-order valence-electron chi connectivity index (χ1n) is 6.31. The monoisotopic (exact) mass is 228 g/mol. The second kappa shape index (κ2) is 7.63. The summed E-state index contributed by atoms with van der Waals surface area (Å²) in [6, 6.07) is 0.